The maximum absolute atomic E-state index is 13.0. The van der Waals surface area contributed by atoms with Gasteiger partial charge in [-0.25, -0.2) is 4.39 Å². The number of nitriles is 1. The van der Waals surface area contributed by atoms with Gasteiger partial charge in [0.05, 0.1) is 11.3 Å². The lowest BCUT2D eigenvalue weighted by molar-refractivity contribution is -0.120. The van der Waals surface area contributed by atoms with E-state index in [1.54, 1.807) is 0 Å². The number of anilines is 1. The van der Waals surface area contributed by atoms with Crippen molar-refractivity contribution in [3.63, 3.8) is 0 Å². The number of hydrogen-bond donors (Lipinski definition) is 2. The monoisotopic (exact) mass is 261 g/mol. The van der Waals surface area contributed by atoms with Gasteiger partial charge in [-0.3, -0.25) is 4.79 Å². The molecule has 3 N–H and O–H groups in total. The highest BCUT2D eigenvalue weighted by Gasteiger charge is 2.25. The standard InChI is InChI=1S/C14H16FN3O/c15-11-4-5-13(10(6-11)8-16)18-14(19)9-2-1-3-12(17)7-9/h4-6,9,12H,1-3,7,17H2,(H,18,19). The zero-order valence-corrected chi connectivity index (χ0v) is 10.5. The zero-order valence-electron chi connectivity index (χ0n) is 10.5. The number of benzene rings is 1. The Labute approximate surface area is 111 Å². The summed E-state index contributed by atoms with van der Waals surface area (Å²) in [6.45, 7) is 0. The molecule has 1 saturated carbocycles. The summed E-state index contributed by atoms with van der Waals surface area (Å²) in [4.78, 5) is 12.1. The van der Waals surface area contributed by atoms with Gasteiger partial charge in [-0.05, 0) is 37.5 Å². The van der Waals surface area contributed by atoms with Crippen molar-refractivity contribution in [2.75, 3.05) is 5.32 Å². The fourth-order valence-corrected chi connectivity index (χ4v) is 2.42. The molecule has 2 unspecified atom stereocenters. The van der Waals surface area contributed by atoms with E-state index in [2.05, 4.69) is 5.32 Å². The van der Waals surface area contributed by atoms with Crippen LogP contribution >= 0.6 is 0 Å². The molecule has 5 heteroatoms. The van der Waals surface area contributed by atoms with Gasteiger partial charge in [0.15, 0.2) is 0 Å². The largest absolute Gasteiger partial charge is 0.328 e. The minimum Gasteiger partial charge on any atom is -0.328 e. The molecule has 0 saturated heterocycles. The molecule has 0 bridgehead atoms. The normalized spacial score (nSPS) is 22.6. The minimum atomic E-state index is -0.491. The van der Waals surface area contributed by atoms with Crippen LogP contribution in [-0.2, 0) is 4.79 Å². The molecule has 100 valence electrons. The number of nitrogens with two attached hydrogens (primary N) is 1. The number of carbonyl (C=O) groups excluding carboxylic acids is 1. The molecule has 1 aliphatic carbocycles. The highest BCUT2D eigenvalue weighted by atomic mass is 19.1. The molecule has 4 nitrogen and oxygen atoms in total. The van der Waals surface area contributed by atoms with Gasteiger partial charge >= 0.3 is 0 Å². The first-order valence-corrected chi connectivity index (χ1v) is 6.36. The number of amides is 1. The number of nitrogens with one attached hydrogen (secondary N) is 1. The zero-order chi connectivity index (χ0) is 13.8. The lowest BCUT2D eigenvalue weighted by atomic mass is 9.85. The fraction of sp³-hybridized carbons (Fsp3) is 0.429. The molecule has 0 spiro atoms. The average Bonchev–Trinajstić information content (AvgIpc) is 2.40. The van der Waals surface area contributed by atoms with Crippen LogP contribution in [0.5, 0.6) is 0 Å². The Kier molecular flexibility index (Phi) is 4.13. The Morgan fingerprint density at radius 3 is 2.95 bits per heavy atom. The smallest absolute Gasteiger partial charge is 0.227 e. The molecule has 1 aromatic carbocycles. The number of halogens is 1. The van der Waals surface area contributed by atoms with Crippen molar-refractivity contribution in [2.45, 2.75) is 31.7 Å². The van der Waals surface area contributed by atoms with E-state index in [0.29, 0.717) is 12.1 Å². The molecule has 1 aromatic rings. The molecule has 2 rings (SSSR count). The van der Waals surface area contributed by atoms with Gasteiger partial charge in [-0.1, -0.05) is 6.42 Å². The molecular weight excluding hydrogens is 245 g/mol. The van der Waals surface area contributed by atoms with Gasteiger partial charge in [0.25, 0.3) is 0 Å². The predicted octanol–water partition coefficient (Wildman–Crippen LogP) is 2.15. The first kappa shape index (κ1) is 13.5. The van der Waals surface area contributed by atoms with Crippen LogP contribution in [0.1, 0.15) is 31.2 Å². The molecule has 1 amide bonds. The first-order chi connectivity index (χ1) is 9.10. The summed E-state index contributed by atoms with van der Waals surface area (Å²) in [7, 11) is 0. The summed E-state index contributed by atoms with van der Waals surface area (Å²) in [5.41, 5.74) is 6.34. The fourth-order valence-electron chi connectivity index (χ4n) is 2.42. The van der Waals surface area contributed by atoms with Crippen molar-refractivity contribution in [3.8, 4) is 6.07 Å². The summed E-state index contributed by atoms with van der Waals surface area (Å²) in [5, 5.41) is 11.6. The number of carbonyl (C=O) groups is 1. The van der Waals surface area contributed by atoms with E-state index < -0.39 is 5.82 Å². The van der Waals surface area contributed by atoms with Crippen LogP contribution < -0.4 is 11.1 Å². The topological polar surface area (TPSA) is 78.9 Å². The maximum atomic E-state index is 13.0. The second-order valence-corrected chi connectivity index (χ2v) is 4.91. The van der Waals surface area contributed by atoms with E-state index in [4.69, 9.17) is 11.0 Å². The van der Waals surface area contributed by atoms with E-state index in [0.717, 1.165) is 25.3 Å². The van der Waals surface area contributed by atoms with Crippen molar-refractivity contribution < 1.29 is 9.18 Å². The van der Waals surface area contributed by atoms with Crippen molar-refractivity contribution in [2.24, 2.45) is 11.7 Å². The number of hydrogen-bond acceptors (Lipinski definition) is 3. The van der Waals surface area contributed by atoms with Crippen molar-refractivity contribution in [1.82, 2.24) is 0 Å². The number of nitrogens with zero attached hydrogens (tertiary/aromatic N) is 1. The number of rotatable bonds is 2. The molecule has 0 aliphatic heterocycles. The second kappa shape index (κ2) is 5.81. The molecule has 0 aromatic heterocycles. The summed E-state index contributed by atoms with van der Waals surface area (Å²) >= 11 is 0. The van der Waals surface area contributed by atoms with Crippen molar-refractivity contribution >= 4 is 11.6 Å². The highest BCUT2D eigenvalue weighted by molar-refractivity contribution is 5.93. The Bertz CT molecular complexity index is 524. The third kappa shape index (κ3) is 3.30. The van der Waals surface area contributed by atoms with Gasteiger partial charge in [0, 0.05) is 12.0 Å². The lowest BCUT2D eigenvalue weighted by Gasteiger charge is -2.25. The van der Waals surface area contributed by atoms with E-state index in [9.17, 15) is 9.18 Å². The third-order valence-corrected chi connectivity index (χ3v) is 3.45. The van der Waals surface area contributed by atoms with E-state index >= 15 is 0 Å². The van der Waals surface area contributed by atoms with Gasteiger partial charge in [0.1, 0.15) is 11.9 Å². The van der Waals surface area contributed by atoms with Crippen LogP contribution in [-0.4, -0.2) is 11.9 Å². The summed E-state index contributed by atoms with van der Waals surface area (Å²) in [6, 6.07) is 5.69. The van der Waals surface area contributed by atoms with Crippen LogP contribution in [0.4, 0.5) is 10.1 Å². The van der Waals surface area contributed by atoms with Crippen LogP contribution in [0.25, 0.3) is 0 Å². The third-order valence-electron chi connectivity index (χ3n) is 3.45. The summed E-state index contributed by atoms with van der Waals surface area (Å²) in [5.74, 6) is -0.757. The highest BCUT2D eigenvalue weighted by Crippen LogP contribution is 2.25. The average molecular weight is 261 g/mol. The minimum absolute atomic E-state index is 0.0631. The molecule has 19 heavy (non-hydrogen) atoms. The lowest BCUT2D eigenvalue weighted by Crippen LogP contribution is -2.34. The molecule has 1 fully saturated rings. The van der Waals surface area contributed by atoms with Crippen LogP contribution in [0.2, 0.25) is 0 Å². The summed E-state index contributed by atoms with van der Waals surface area (Å²) < 4.78 is 13.0. The van der Waals surface area contributed by atoms with Gasteiger partial charge in [-0.2, -0.15) is 5.26 Å². The molecule has 0 radical (unpaired) electrons. The Balaban J connectivity index is 2.08. The van der Waals surface area contributed by atoms with Gasteiger partial charge < -0.3 is 11.1 Å². The van der Waals surface area contributed by atoms with Crippen molar-refractivity contribution in [1.29, 1.82) is 5.26 Å². The second-order valence-electron chi connectivity index (χ2n) is 4.91. The van der Waals surface area contributed by atoms with Gasteiger partial charge in [-0.15, -0.1) is 0 Å². The van der Waals surface area contributed by atoms with Crippen LogP contribution in [0.3, 0.4) is 0 Å². The van der Waals surface area contributed by atoms with Crippen molar-refractivity contribution in [3.05, 3.63) is 29.6 Å². The molecular formula is C14H16FN3O. The SMILES string of the molecule is N#Cc1cc(F)ccc1NC(=O)C1CCCC(N)C1. The Morgan fingerprint density at radius 1 is 1.47 bits per heavy atom. The van der Waals surface area contributed by atoms with Crippen LogP contribution in [0.15, 0.2) is 18.2 Å². The first-order valence-electron chi connectivity index (χ1n) is 6.36. The Hall–Kier alpha value is -1.93. The maximum Gasteiger partial charge on any atom is 0.227 e. The van der Waals surface area contributed by atoms with E-state index in [-0.39, 0.29) is 23.4 Å². The van der Waals surface area contributed by atoms with E-state index in [1.165, 1.54) is 12.1 Å². The van der Waals surface area contributed by atoms with Gasteiger partial charge in [0.2, 0.25) is 5.91 Å². The van der Waals surface area contributed by atoms with E-state index in [1.807, 2.05) is 6.07 Å². The predicted molar refractivity (Wildman–Crippen MR) is 69.7 cm³/mol. The quantitative estimate of drug-likeness (QED) is 0.856. The molecule has 0 heterocycles. The van der Waals surface area contributed by atoms with Crippen LogP contribution in [0, 0.1) is 23.1 Å². The molecule has 2 atom stereocenters. The Morgan fingerprint density at radius 2 is 2.26 bits per heavy atom. The summed E-state index contributed by atoms with van der Waals surface area (Å²) in [6.07, 6.45) is 3.36. The molecule has 1 aliphatic rings.